The Hall–Kier alpha value is -0.120. The molecule has 1 rings (SSSR count). The van der Waals surface area contributed by atoms with Gasteiger partial charge in [0, 0.05) is 5.92 Å². The summed E-state index contributed by atoms with van der Waals surface area (Å²) < 4.78 is 11.2. The fourth-order valence-electron chi connectivity index (χ4n) is 1.57. The van der Waals surface area contributed by atoms with Gasteiger partial charge in [-0.3, -0.25) is 0 Å². The summed E-state index contributed by atoms with van der Waals surface area (Å²) in [7, 11) is 0. The smallest absolute Gasteiger partial charge is 0.107 e. The van der Waals surface area contributed by atoms with Crippen molar-refractivity contribution in [2.45, 2.75) is 58.5 Å². The topological polar surface area (TPSA) is 38.7 Å². The Morgan fingerprint density at radius 1 is 1.29 bits per heavy atom. The third-order valence-electron chi connectivity index (χ3n) is 2.73. The van der Waals surface area contributed by atoms with Gasteiger partial charge in [-0.05, 0) is 27.7 Å². The lowest BCUT2D eigenvalue weighted by Crippen LogP contribution is -2.33. The molecule has 1 fully saturated rings. The Bertz CT molecular complexity index is 185. The van der Waals surface area contributed by atoms with Crippen LogP contribution in [0.2, 0.25) is 0 Å². The third kappa shape index (κ3) is 2.94. The highest BCUT2D eigenvalue weighted by Gasteiger charge is 2.38. The summed E-state index contributed by atoms with van der Waals surface area (Å²) >= 11 is 0. The molecule has 1 heterocycles. The number of ether oxygens (including phenoxy) is 2. The Kier molecular flexibility index (Phi) is 3.56. The minimum absolute atomic E-state index is 0.124. The van der Waals surface area contributed by atoms with E-state index in [-0.39, 0.29) is 23.7 Å². The van der Waals surface area contributed by atoms with Gasteiger partial charge in [-0.1, -0.05) is 6.92 Å². The van der Waals surface area contributed by atoms with Gasteiger partial charge in [0.2, 0.25) is 0 Å². The average molecular weight is 202 g/mol. The van der Waals surface area contributed by atoms with E-state index in [1.165, 1.54) is 0 Å². The van der Waals surface area contributed by atoms with Crippen LogP contribution >= 0.6 is 0 Å². The van der Waals surface area contributed by atoms with Crippen LogP contribution in [0.4, 0.5) is 0 Å². The van der Waals surface area contributed by atoms with E-state index in [0.29, 0.717) is 6.61 Å². The molecule has 0 aliphatic carbocycles. The van der Waals surface area contributed by atoms with Crippen LogP contribution in [0.1, 0.15) is 34.6 Å². The van der Waals surface area contributed by atoms with Gasteiger partial charge in [0.25, 0.3) is 0 Å². The molecule has 1 aliphatic rings. The highest BCUT2D eigenvalue weighted by Crippen LogP contribution is 2.27. The van der Waals surface area contributed by atoms with E-state index in [4.69, 9.17) is 9.47 Å². The quantitative estimate of drug-likeness (QED) is 0.739. The molecular formula is C11H22O3. The van der Waals surface area contributed by atoms with Crippen molar-refractivity contribution >= 4 is 0 Å². The molecule has 0 bridgehead atoms. The lowest BCUT2D eigenvalue weighted by Gasteiger charge is -2.23. The molecule has 0 amide bonds. The predicted octanol–water partition coefficient (Wildman–Crippen LogP) is 1.59. The lowest BCUT2D eigenvalue weighted by molar-refractivity contribution is -0.0862. The van der Waals surface area contributed by atoms with Crippen molar-refractivity contribution in [3.8, 4) is 0 Å². The zero-order chi connectivity index (χ0) is 10.9. The highest BCUT2D eigenvalue weighted by molar-refractivity contribution is 4.86. The molecule has 4 unspecified atom stereocenters. The molecule has 0 saturated carbocycles. The average Bonchev–Trinajstić information content (AvgIpc) is 2.28. The maximum absolute atomic E-state index is 9.82. The first-order valence-electron chi connectivity index (χ1n) is 5.29. The molecule has 4 atom stereocenters. The van der Waals surface area contributed by atoms with Gasteiger partial charge < -0.3 is 14.6 Å². The predicted molar refractivity (Wildman–Crippen MR) is 55.2 cm³/mol. The normalized spacial score (nSPS) is 39.0. The van der Waals surface area contributed by atoms with Crippen molar-refractivity contribution < 1.29 is 14.6 Å². The molecule has 84 valence electrons. The van der Waals surface area contributed by atoms with Crippen LogP contribution in [0, 0.1) is 5.92 Å². The zero-order valence-electron chi connectivity index (χ0n) is 9.78. The standard InChI is InChI=1S/C11H22O3/c1-7-8(2)14-9(10(7)12)6-13-11(3,4)5/h7-10,12H,6H2,1-5H3. The van der Waals surface area contributed by atoms with E-state index in [9.17, 15) is 5.11 Å². The van der Waals surface area contributed by atoms with Crippen LogP contribution in [-0.2, 0) is 9.47 Å². The van der Waals surface area contributed by atoms with E-state index in [2.05, 4.69) is 0 Å². The molecule has 1 N–H and O–H groups in total. The van der Waals surface area contributed by atoms with E-state index in [1.807, 2.05) is 34.6 Å². The molecule has 0 spiro atoms. The van der Waals surface area contributed by atoms with Gasteiger partial charge >= 0.3 is 0 Å². The maximum atomic E-state index is 9.82. The van der Waals surface area contributed by atoms with Crippen molar-refractivity contribution in [3.63, 3.8) is 0 Å². The van der Waals surface area contributed by atoms with Crippen molar-refractivity contribution in [2.75, 3.05) is 6.61 Å². The minimum Gasteiger partial charge on any atom is -0.390 e. The summed E-state index contributed by atoms with van der Waals surface area (Å²) in [5.41, 5.74) is -0.169. The first-order valence-corrected chi connectivity index (χ1v) is 5.29. The number of rotatable bonds is 2. The molecule has 0 aromatic heterocycles. The Morgan fingerprint density at radius 2 is 1.86 bits per heavy atom. The molecule has 3 heteroatoms. The molecule has 0 aromatic carbocycles. The van der Waals surface area contributed by atoms with Crippen LogP contribution in [0.3, 0.4) is 0 Å². The summed E-state index contributed by atoms with van der Waals surface area (Å²) in [6, 6.07) is 0. The lowest BCUT2D eigenvalue weighted by atomic mass is 10.00. The Morgan fingerprint density at radius 3 is 2.21 bits per heavy atom. The zero-order valence-corrected chi connectivity index (χ0v) is 9.78. The summed E-state index contributed by atoms with van der Waals surface area (Å²) in [5.74, 6) is 0.198. The molecule has 3 nitrogen and oxygen atoms in total. The van der Waals surface area contributed by atoms with Crippen LogP contribution in [0.15, 0.2) is 0 Å². The second kappa shape index (κ2) is 4.17. The van der Waals surface area contributed by atoms with Gasteiger partial charge in [-0.15, -0.1) is 0 Å². The molecule has 14 heavy (non-hydrogen) atoms. The summed E-state index contributed by atoms with van der Waals surface area (Å²) in [6.45, 7) is 10.5. The largest absolute Gasteiger partial charge is 0.390 e. The molecule has 0 radical (unpaired) electrons. The van der Waals surface area contributed by atoms with Crippen LogP contribution in [-0.4, -0.2) is 35.6 Å². The van der Waals surface area contributed by atoms with Gasteiger partial charge in [0.1, 0.15) is 6.10 Å². The van der Waals surface area contributed by atoms with Crippen molar-refractivity contribution in [3.05, 3.63) is 0 Å². The molecule has 1 saturated heterocycles. The van der Waals surface area contributed by atoms with Crippen molar-refractivity contribution in [1.82, 2.24) is 0 Å². The minimum atomic E-state index is -0.396. The number of hydrogen-bond acceptors (Lipinski definition) is 3. The first kappa shape index (κ1) is 12.0. The first-order chi connectivity index (χ1) is 6.31. The van der Waals surface area contributed by atoms with Crippen molar-refractivity contribution in [1.29, 1.82) is 0 Å². The van der Waals surface area contributed by atoms with Crippen LogP contribution in [0.25, 0.3) is 0 Å². The van der Waals surface area contributed by atoms with Gasteiger partial charge in [0.15, 0.2) is 0 Å². The van der Waals surface area contributed by atoms with E-state index in [1.54, 1.807) is 0 Å². The van der Waals surface area contributed by atoms with Gasteiger partial charge in [-0.2, -0.15) is 0 Å². The number of aliphatic hydroxyl groups is 1. The fraction of sp³-hybridized carbons (Fsp3) is 1.00. The van der Waals surface area contributed by atoms with Gasteiger partial charge in [-0.25, -0.2) is 0 Å². The maximum Gasteiger partial charge on any atom is 0.107 e. The van der Waals surface area contributed by atoms with Crippen molar-refractivity contribution in [2.24, 2.45) is 5.92 Å². The number of hydrogen-bond donors (Lipinski definition) is 1. The van der Waals surface area contributed by atoms with Gasteiger partial charge in [0.05, 0.1) is 24.4 Å². The van der Waals surface area contributed by atoms with Crippen LogP contribution in [0.5, 0.6) is 0 Å². The molecule has 0 aromatic rings. The van der Waals surface area contributed by atoms with E-state index < -0.39 is 6.10 Å². The summed E-state index contributed by atoms with van der Waals surface area (Å²) in [4.78, 5) is 0. The second-order valence-electron chi connectivity index (χ2n) is 5.15. The third-order valence-corrected chi connectivity index (χ3v) is 2.73. The summed E-state index contributed by atoms with van der Waals surface area (Å²) in [5, 5.41) is 9.82. The molecule has 1 aliphatic heterocycles. The highest BCUT2D eigenvalue weighted by atomic mass is 16.6. The fourth-order valence-corrected chi connectivity index (χ4v) is 1.57. The summed E-state index contributed by atoms with van der Waals surface area (Å²) in [6.07, 6.45) is -0.440. The Balaban J connectivity index is 2.40. The van der Waals surface area contributed by atoms with E-state index >= 15 is 0 Å². The SMILES string of the molecule is CC1OC(COC(C)(C)C)C(O)C1C. The number of aliphatic hydroxyl groups excluding tert-OH is 1. The van der Waals surface area contributed by atoms with Crippen LogP contribution < -0.4 is 0 Å². The molecular weight excluding hydrogens is 180 g/mol. The second-order valence-corrected chi connectivity index (χ2v) is 5.15. The van der Waals surface area contributed by atoms with E-state index in [0.717, 1.165) is 0 Å². The Labute approximate surface area is 86.4 Å². The monoisotopic (exact) mass is 202 g/mol.